The quantitative estimate of drug-likeness (QED) is 0.532. The predicted octanol–water partition coefficient (Wildman–Crippen LogP) is 3.86. The minimum atomic E-state index is -0.0655. The fourth-order valence-corrected chi connectivity index (χ4v) is 5.01. The van der Waals surface area contributed by atoms with Crippen molar-refractivity contribution in [1.29, 1.82) is 5.26 Å². The molecule has 1 aromatic carbocycles. The molecular formula is C22H28N4O2S. The van der Waals surface area contributed by atoms with E-state index in [0.29, 0.717) is 40.9 Å². The lowest BCUT2D eigenvalue weighted by atomic mass is 9.78. The molecular weight excluding hydrogens is 384 g/mol. The molecule has 1 saturated carbocycles. The summed E-state index contributed by atoms with van der Waals surface area (Å²) in [5.41, 5.74) is 0.646. The third-order valence-corrected chi connectivity index (χ3v) is 7.02. The zero-order valence-corrected chi connectivity index (χ0v) is 18.1. The Labute approximate surface area is 175 Å². The molecule has 6 nitrogen and oxygen atoms in total. The van der Waals surface area contributed by atoms with E-state index < -0.39 is 0 Å². The Morgan fingerprint density at radius 1 is 1.34 bits per heavy atom. The van der Waals surface area contributed by atoms with Gasteiger partial charge in [-0.2, -0.15) is 5.26 Å². The van der Waals surface area contributed by atoms with Crippen LogP contribution in [0.25, 0.3) is 10.9 Å². The van der Waals surface area contributed by atoms with E-state index in [0.717, 1.165) is 12.8 Å². The highest BCUT2D eigenvalue weighted by Crippen LogP contribution is 2.38. The number of nitrogens with zero attached hydrogens (tertiary/aromatic N) is 4. The number of hydrogen-bond acceptors (Lipinski definition) is 5. The van der Waals surface area contributed by atoms with Gasteiger partial charge in [0.2, 0.25) is 5.91 Å². The molecule has 0 spiro atoms. The predicted molar refractivity (Wildman–Crippen MR) is 116 cm³/mol. The summed E-state index contributed by atoms with van der Waals surface area (Å²) < 4.78 is 1.84. The molecule has 0 aliphatic heterocycles. The van der Waals surface area contributed by atoms with Crippen molar-refractivity contribution in [2.75, 3.05) is 19.3 Å². The molecule has 7 heteroatoms. The second kappa shape index (κ2) is 9.45. The first-order valence-corrected chi connectivity index (χ1v) is 11.2. The third kappa shape index (κ3) is 4.64. The Hall–Kier alpha value is -2.33. The van der Waals surface area contributed by atoms with Crippen LogP contribution in [0.1, 0.15) is 45.6 Å². The topological polar surface area (TPSA) is 79.0 Å². The molecule has 1 fully saturated rings. The van der Waals surface area contributed by atoms with E-state index in [9.17, 15) is 9.59 Å². The van der Waals surface area contributed by atoms with E-state index in [1.54, 1.807) is 11.9 Å². The first-order valence-electron chi connectivity index (χ1n) is 10.2. The van der Waals surface area contributed by atoms with Gasteiger partial charge in [-0.1, -0.05) is 50.6 Å². The number of para-hydroxylation sites is 1. The molecule has 3 rings (SSSR count). The van der Waals surface area contributed by atoms with Gasteiger partial charge in [0.25, 0.3) is 5.56 Å². The molecule has 0 unspecified atom stereocenters. The minimum absolute atomic E-state index is 0.0191. The summed E-state index contributed by atoms with van der Waals surface area (Å²) in [6.07, 6.45) is 3.53. The first kappa shape index (κ1) is 21.4. The summed E-state index contributed by atoms with van der Waals surface area (Å²) in [5, 5.41) is 9.96. The lowest BCUT2D eigenvalue weighted by Crippen LogP contribution is -2.36. The van der Waals surface area contributed by atoms with Crippen LogP contribution in [-0.4, -0.2) is 39.7 Å². The largest absolute Gasteiger partial charge is 0.344 e. The van der Waals surface area contributed by atoms with Gasteiger partial charge in [-0.25, -0.2) is 4.98 Å². The maximum absolute atomic E-state index is 13.4. The molecule has 0 N–H and O–H groups in total. The highest BCUT2D eigenvalue weighted by atomic mass is 32.2. The van der Waals surface area contributed by atoms with Gasteiger partial charge in [0.1, 0.15) is 0 Å². The zero-order valence-electron chi connectivity index (χ0n) is 17.3. The Morgan fingerprint density at radius 3 is 2.86 bits per heavy atom. The number of amides is 1. The molecule has 0 radical (unpaired) electrons. The van der Waals surface area contributed by atoms with E-state index in [4.69, 9.17) is 10.2 Å². The standard InChI is InChI=1S/C22H28N4O2S/c1-15-8-6-11-19(16(15)2)26-21(28)17-9-4-5-10-18(17)24-22(26)29-14-20(27)25(3)13-7-12-23/h4-5,9-10,15-16,19H,6-8,11,13-14H2,1-3H3/t15-,16+,19-/m0/s1. The summed E-state index contributed by atoms with van der Waals surface area (Å²) >= 11 is 1.32. The zero-order chi connectivity index (χ0) is 21.0. The number of benzene rings is 1. The van der Waals surface area contributed by atoms with Crippen molar-refractivity contribution < 1.29 is 4.79 Å². The van der Waals surface area contributed by atoms with Crippen LogP contribution >= 0.6 is 11.8 Å². The van der Waals surface area contributed by atoms with Crippen LogP contribution in [0.4, 0.5) is 0 Å². The van der Waals surface area contributed by atoms with Gasteiger partial charge < -0.3 is 4.90 Å². The summed E-state index contributed by atoms with van der Waals surface area (Å²) in [4.78, 5) is 32.2. The first-order chi connectivity index (χ1) is 13.9. The molecule has 1 aromatic heterocycles. The normalized spacial score (nSPS) is 21.7. The molecule has 2 aromatic rings. The van der Waals surface area contributed by atoms with Gasteiger partial charge in [-0.15, -0.1) is 0 Å². The van der Waals surface area contributed by atoms with E-state index >= 15 is 0 Å². The molecule has 1 aliphatic rings. The number of carbonyl (C=O) groups excluding carboxylic acids is 1. The number of fused-ring (bicyclic) bond motifs is 1. The van der Waals surface area contributed by atoms with E-state index in [1.165, 1.54) is 18.2 Å². The minimum Gasteiger partial charge on any atom is -0.344 e. The lowest BCUT2D eigenvalue weighted by molar-refractivity contribution is -0.127. The van der Waals surface area contributed by atoms with Crippen LogP contribution in [-0.2, 0) is 4.79 Å². The van der Waals surface area contributed by atoms with Crippen LogP contribution in [0, 0.1) is 23.2 Å². The van der Waals surface area contributed by atoms with Crippen LogP contribution in [0.15, 0.2) is 34.2 Å². The second-order valence-electron chi connectivity index (χ2n) is 7.93. The average Bonchev–Trinajstić information content (AvgIpc) is 2.72. The van der Waals surface area contributed by atoms with Crippen molar-refractivity contribution in [2.45, 2.75) is 50.7 Å². The molecule has 154 valence electrons. The lowest BCUT2D eigenvalue weighted by Gasteiger charge is -2.36. The smallest absolute Gasteiger partial charge is 0.262 e. The Morgan fingerprint density at radius 2 is 2.10 bits per heavy atom. The van der Waals surface area contributed by atoms with Crippen molar-refractivity contribution in [3.8, 4) is 6.07 Å². The SMILES string of the molecule is C[C@@H]1[C@@H](C)CCC[C@@H]1n1c(SCC(=O)N(C)CCC#N)nc2ccccc2c1=O. The van der Waals surface area contributed by atoms with Crippen LogP contribution in [0.3, 0.4) is 0 Å². The Kier molecular flexibility index (Phi) is 6.96. The fraction of sp³-hybridized carbons (Fsp3) is 0.545. The van der Waals surface area contributed by atoms with Crippen molar-refractivity contribution in [1.82, 2.24) is 14.5 Å². The highest BCUT2D eigenvalue weighted by Gasteiger charge is 2.31. The number of nitriles is 1. The molecule has 1 amide bonds. The molecule has 29 heavy (non-hydrogen) atoms. The van der Waals surface area contributed by atoms with Crippen molar-refractivity contribution in [3.05, 3.63) is 34.6 Å². The van der Waals surface area contributed by atoms with E-state index in [1.807, 2.05) is 28.8 Å². The van der Waals surface area contributed by atoms with Crippen LogP contribution in [0.5, 0.6) is 0 Å². The third-order valence-electron chi connectivity index (χ3n) is 6.08. The van der Waals surface area contributed by atoms with Crippen LogP contribution < -0.4 is 5.56 Å². The summed E-state index contributed by atoms with van der Waals surface area (Å²) in [5.74, 6) is 1.05. The average molecular weight is 413 g/mol. The maximum atomic E-state index is 13.4. The number of hydrogen-bond donors (Lipinski definition) is 0. The molecule has 1 aliphatic carbocycles. The summed E-state index contributed by atoms with van der Waals surface area (Å²) in [6.45, 7) is 4.87. The van der Waals surface area contributed by atoms with Gasteiger partial charge in [0.15, 0.2) is 5.16 Å². The second-order valence-corrected chi connectivity index (χ2v) is 8.88. The molecule has 3 atom stereocenters. The highest BCUT2D eigenvalue weighted by molar-refractivity contribution is 7.99. The number of carbonyl (C=O) groups is 1. The monoisotopic (exact) mass is 412 g/mol. The van der Waals surface area contributed by atoms with E-state index in [-0.39, 0.29) is 23.3 Å². The molecule has 0 saturated heterocycles. The van der Waals surface area contributed by atoms with Crippen molar-refractivity contribution >= 4 is 28.6 Å². The molecule has 1 heterocycles. The van der Waals surface area contributed by atoms with Crippen LogP contribution in [0.2, 0.25) is 0 Å². The summed E-state index contributed by atoms with van der Waals surface area (Å²) in [6, 6.07) is 9.56. The van der Waals surface area contributed by atoms with Crippen molar-refractivity contribution in [3.63, 3.8) is 0 Å². The Balaban J connectivity index is 1.96. The van der Waals surface area contributed by atoms with Gasteiger partial charge >= 0.3 is 0 Å². The summed E-state index contributed by atoms with van der Waals surface area (Å²) in [7, 11) is 1.70. The maximum Gasteiger partial charge on any atom is 0.262 e. The number of rotatable bonds is 6. The van der Waals surface area contributed by atoms with Crippen molar-refractivity contribution in [2.24, 2.45) is 11.8 Å². The van der Waals surface area contributed by atoms with Gasteiger partial charge in [-0.3, -0.25) is 14.2 Å². The van der Waals surface area contributed by atoms with Gasteiger partial charge in [0.05, 0.1) is 29.1 Å². The fourth-order valence-electron chi connectivity index (χ4n) is 4.02. The van der Waals surface area contributed by atoms with E-state index in [2.05, 4.69) is 19.9 Å². The molecule has 0 bridgehead atoms. The number of thioether (sulfide) groups is 1. The van der Waals surface area contributed by atoms with Gasteiger partial charge in [-0.05, 0) is 30.4 Å². The Bertz CT molecular complexity index is 981. The number of aromatic nitrogens is 2. The van der Waals surface area contributed by atoms with Gasteiger partial charge in [0, 0.05) is 19.6 Å².